The zero-order valence-electron chi connectivity index (χ0n) is 12.4. The molecule has 1 aromatic rings. The molecule has 2 atom stereocenters. The highest BCUT2D eigenvalue weighted by Gasteiger charge is 2.41. The highest BCUT2D eigenvalue weighted by Crippen LogP contribution is 2.32. The van der Waals surface area contributed by atoms with Crippen LogP contribution in [0, 0.1) is 5.92 Å². The van der Waals surface area contributed by atoms with E-state index in [0.717, 1.165) is 6.42 Å². The number of hydrogen-bond acceptors (Lipinski definition) is 3. The van der Waals surface area contributed by atoms with Crippen LogP contribution in [0.2, 0.25) is 10.0 Å². The van der Waals surface area contributed by atoms with Crippen LogP contribution < -0.4 is 10.6 Å². The maximum atomic E-state index is 12.6. The van der Waals surface area contributed by atoms with Crippen molar-refractivity contribution < 1.29 is 9.59 Å². The number of anilines is 1. The third-order valence-electron chi connectivity index (χ3n) is 4.25. The molecule has 3 rings (SSSR count). The van der Waals surface area contributed by atoms with Gasteiger partial charge in [-0.2, -0.15) is 0 Å². The molecule has 23 heavy (non-hydrogen) atoms. The van der Waals surface area contributed by atoms with Crippen LogP contribution in [0.5, 0.6) is 0 Å². The lowest BCUT2D eigenvalue weighted by molar-refractivity contribution is -0.139. The van der Waals surface area contributed by atoms with Crippen molar-refractivity contribution in [1.82, 2.24) is 4.90 Å². The molecule has 2 unspecified atom stereocenters. The van der Waals surface area contributed by atoms with Crippen LogP contribution in [0.3, 0.4) is 0 Å². The van der Waals surface area contributed by atoms with E-state index in [1.54, 1.807) is 28.0 Å². The summed E-state index contributed by atoms with van der Waals surface area (Å²) in [5.74, 6) is -0.899. The first-order valence-electron chi connectivity index (χ1n) is 7.28. The van der Waals surface area contributed by atoms with Crippen LogP contribution >= 0.6 is 35.6 Å². The average Bonchev–Trinajstić information content (AvgIpc) is 3.08. The van der Waals surface area contributed by atoms with Crippen LogP contribution in [-0.2, 0) is 9.59 Å². The van der Waals surface area contributed by atoms with E-state index in [4.69, 9.17) is 28.9 Å². The summed E-state index contributed by atoms with van der Waals surface area (Å²) in [4.78, 5) is 28.3. The van der Waals surface area contributed by atoms with Crippen molar-refractivity contribution >= 4 is 53.1 Å². The second-order valence-corrected chi connectivity index (χ2v) is 6.58. The van der Waals surface area contributed by atoms with Crippen molar-refractivity contribution in [3.8, 4) is 0 Å². The molecular formula is C15H18Cl3N3O2. The average molecular weight is 379 g/mol. The molecule has 2 heterocycles. The molecule has 2 fully saturated rings. The minimum Gasteiger partial charge on any atom is -0.340 e. The van der Waals surface area contributed by atoms with Crippen LogP contribution in [0.1, 0.15) is 12.8 Å². The Morgan fingerprint density at radius 2 is 1.91 bits per heavy atom. The van der Waals surface area contributed by atoms with Crippen LogP contribution in [0.25, 0.3) is 0 Å². The molecule has 1 aromatic carbocycles. The molecule has 2 N–H and O–H groups in total. The van der Waals surface area contributed by atoms with Gasteiger partial charge in [0.2, 0.25) is 11.8 Å². The number of rotatable bonds is 2. The molecule has 5 nitrogen and oxygen atoms in total. The number of carbonyl (C=O) groups excluding carboxylic acids is 2. The van der Waals surface area contributed by atoms with Gasteiger partial charge in [-0.15, -0.1) is 12.4 Å². The summed E-state index contributed by atoms with van der Waals surface area (Å²) in [5.41, 5.74) is 6.50. The molecule has 126 valence electrons. The largest absolute Gasteiger partial charge is 0.340 e. The SMILES string of the molecule is Cl.NC1CCN(C(=O)C2CCN(c3ccc(Cl)c(Cl)c3)C2=O)C1. The Bertz CT molecular complexity index is 626. The number of carbonyl (C=O) groups is 2. The highest BCUT2D eigenvalue weighted by molar-refractivity contribution is 6.42. The first-order chi connectivity index (χ1) is 10.5. The Labute approximate surface area is 151 Å². The van der Waals surface area contributed by atoms with Gasteiger partial charge in [-0.3, -0.25) is 9.59 Å². The Hall–Kier alpha value is -1.01. The van der Waals surface area contributed by atoms with E-state index < -0.39 is 5.92 Å². The molecule has 0 aliphatic carbocycles. The van der Waals surface area contributed by atoms with E-state index in [2.05, 4.69) is 0 Å². The number of nitrogens with two attached hydrogens (primary N) is 1. The van der Waals surface area contributed by atoms with Gasteiger partial charge in [-0.1, -0.05) is 23.2 Å². The van der Waals surface area contributed by atoms with E-state index >= 15 is 0 Å². The molecule has 2 saturated heterocycles. The number of amides is 2. The van der Waals surface area contributed by atoms with Gasteiger partial charge in [0.1, 0.15) is 5.92 Å². The maximum Gasteiger partial charge on any atom is 0.239 e. The topological polar surface area (TPSA) is 66.6 Å². The van der Waals surface area contributed by atoms with Gasteiger partial charge in [-0.05, 0) is 31.0 Å². The summed E-state index contributed by atoms with van der Waals surface area (Å²) in [6.45, 7) is 1.68. The van der Waals surface area contributed by atoms with Crippen molar-refractivity contribution in [2.24, 2.45) is 11.7 Å². The third kappa shape index (κ3) is 3.58. The lowest BCUT2D eigenvalue weighted by atomic mass is 10.1. The maximum absolute atomic E-state index is 12.6. The van der Waals surface area contributed by atoms with E-state index in [1.165, 1.54) is 0 Å². The number of nitrogens with zero attached hydrogens (tertiary/aromatic N) is 2. The molecule has 0 saturated carbocycles. The molecule has 0 aromatic heterocycles. The van der Waals surface area contributed by atoms with E-state index in [9.17, 15) is 9.59 Å². The summed E-state index contributed by atoms with van der Waals surface area (Å²) < 4.78 is 0. The predicted molar refractivity (Wildman–Crippen MR) is 93.3 cm³/mol. The number of halogens is 3. The van der Waals surface area contributed by atoms with Crippen molar-refractivity contribution in [2.75, 3.05) is 24.5 Å². The minimum atomic E-state index is -0.611. The molecule has 2 aliphatic rings. The van der Waals surface area contributed by atoms with Gasteiger partial charge < -0.3 is 15.5 Å². The summed E-state index contributed by atoms with van der Waals surface area (Å²) >= 11 is 11.9. The summed E-state index contributed by atoms with van der Waals surface area (Å²) in [6, 6.07) is 5.07. The number of hydrogen-bond donors (Lipinski definition) is 1. The molecule has 2 amide bonds. The van der Waals surface area contributed by atoms with Gasteiger partial charge in [0, 0.05) is 31.4 Å². The van der Waals surface area contributed by atoms with Gasteiger partial charge in [-0.25, -0.2) is 0 Å². The van der Waals surface area contributed by atoms with Gasteiger partial charge in [0.15, 0.2) is 0 Å². The third-order valence-corrected chi connectivity index (χ3v) is 4.99. The standard InChI is InChI=1S/C15H17Cl2N3O2.ClH/c16-12-2-1-10(7-13(12)17)20-6-4-11(15(20)22)14(21)19-5-3-9(18)8-19;/h1-2,7,9,11H,3-6,8,18H2;1H. The van der Waals surface area contributed by atoms with Gasteiger partial charge >= 0.3 is 0 Å². The number of likely N-dealkylation sites (tertiary alicyclic amines) is 1. The van der Waals surface area contributed by atoms with Crippen LogP contribution in [0.4, 0.5) is 5.69 Å². The molecule has 0 radical (unpaired) electrons. The molecule has 0 bridgehead atoms. The normalized spacial score (nSPS) is 24.0. The Morgan fingerprint density at radius 3 is 2.52 bits per heavy atom. The van der Waals surface area contributed by atoms with Crippen molar-refractivity contribution in [1.29, 1.82) is 0 Å². The first kappa shape index (κ1) is 18.3. The zero-order valence-corrected chi connectivity index (χ0v) is 14.7. The van der Waals surface area contributed by atoms with E-state index in [1.807, 2.05) is 0 Å². The Kier molecular flexibility index (Phi) is 5.79. The van der Waals surface area contributed by atoms with E-state index in [0.29, 0.717) is 41.8 Å². The number of benzene rings is 1. The lowest BCUT2D eigenvalue weighted by Gasteiger charge is -2.20. The first-order valence-corrected chi connectivity index (χ1v) is 8.04. The van der Waals surface area contributed by atoms with Gasteiger partial charge in [0.05, 0.1) is 10.0 Å². The monoisotopic (exact) mass is 377 g/mol. The Balaban J connectivity index is 0.00000192. The summed E-state index contributed by atoms with van der Waals surface area (Å²) in [6.07, 6.45) is 1.31. The lowest BCUT2D eigenvalue weighted by Crippen LogP contribution is -2.40. The highest BCUT2D eigenvalue weighted by atomic mass is 35.5. The molecule has 0 spiro atoms. The van der Waals surface area contributed by atoms with Crippen molar-refractivity contribution in [2.45, 2.75) is 18.9 Å². The summed E-state index contributed by atoms with van der Waals surface area (Å²) in [5, 5.41) is 0.836. The predicted octanol–water partition coefficient (Wildman–Crippen LogP) is 2.33. The molecular weight excluding hydrogens is 361 g/mol. The second kappa shape index (κ2) is 7.26. The fraction of sp³-hybridized carbons (Fsp3) is 0.467. The Morgan fingerprint density at radius 1 is 1.17 bits per heavy atom. The fourth-order valence-electron chi connectivity index (χ4n) is 3.03. The molecule has 8 heteroatoms. The van der Waals surface area contributed by atoms with Crippen molar-refractivity contribution in [3.05, 3.63) is 28.2 Å². The van der Waals surface area contributed by atoms with E-state index in [-0.39, 0.29) is 30.3 Å². The van der Waals surface area contributed by atoms with Crippen LogP contribution in [0.15, 0.2) is 18.2 Å². The minimum absolute atomic E-state index is 0. The van der Waals surface area contributed by atoms with Crippen LogP contribution in [-0.4, -0.2) is 42.4 Å². The van der Waals surface area contributed by atoms with Gasteiger partial charge in [0.25, 0.3) is 0 Å². The molecule has 2 aliphatic heterocycles. The summed E-state index contributed by atoms with van der Waals surface area (Å²) in [7, 11) is 0. The van der Waals surface area contributed by atoms with Crippen molar-refractivity contribution in [3.63, 3.8) is 0 Å². The fourth-order valence-corrected chi connectivity index (χ4v) is 3.32. The smallest absolute Gasteiger partial charge is 0.239 e. The second-order valence-electron chi connectivity index (χ2n) is 5.76. The zero-order chi connectivity index (χ0) is 15.9. The quantitative estimate of drug-likeness (QED) is 0.803.